The van der Waals surface area contributed by atoms with Crippen molar-refractivity contribution in [3.63, 3.8) is 0 Å². The SMILES string of the molecule is CC1(C2CC2)CC(=O)N(CC(=O)O)O1. The first-order chi connectivity index (χ1) is 6.51. The van der Waals surface area contributed by atoms with E-state index >= 15 is 0 Å². The number of hydrogen-bond acceptors (Lipinski definition) is 3. The molecule has 5 nitrogen and oxygen atoms in total. The summed E-state index contributed by atoms with van der Waals surface area (Å²) in [5.41, 5.74) is -0.452. The third-order valence-electron chi connectivity index (χ3n) is 2.82. The van der Waals surface area contributed by atoms with Crippen molar-refractivity contribution in [3.05, 3.63) is 0 Å². The lowest BCUT2D eigenvalue weighted by molar-refractivity contribution is -0.204. The molecular formula is C9H13NO4. The molecule has 5 heteroatoms. The van der Waals surface area contributed by atoms with Gasteiger partial charge in [-0.05, 0) is 25.7 Å². The van der Waals surface area contributed by atoms with Crippen molar-refractivity contribution in [1.29, 1.82) is 0 Å². The Morgan fingerprint density at radius 3 is 2.86 bits per heavy atom. The number of hydroxylamine groups is 2. The Balaban J connectivity index is 2.02. The summed E-state index contributed by atoms with van der Waals surface area (Å²) in [6, 6.07) is 0. The standard InChI is InChI=1S/C9H13NO4/c1-9(6-2-3-6)4-7(11)10(14-9)5-8(12)13/h6H,2-5H2,1H3,(H,12,13). The Hall–Kier alpha value is -1.10. The molecule has 0 aromatic carbocycles. The topological polar surface area (TPSA) is 66.8 Å². The Kier molecular flexibility index (Phi) is 1.99. The summed E-state index contributed by atoms with van der Waals surface area (Å²) >= 11 is 0. The Morgan fingerprint density at radius 2 is 2.36 bits per heavy atom. The summed E-state index contributed by atoms with van der Waals surface area (Å²) in [7, 11) is 0. The molecule has 1 unspecified atom stereocenters. The quantitative estimate of drug-likeness (QED) is 0.714. The van der Waals surface area contributed by atoms with Gasteiger partial charge in [-0.25, -0.2) is 5.06 Å². The van der Waals surface area contributed by atoms with Gasteiger partial charge in [-0.3, -0.25) is 14.4 Å². The molecule has 1 aliphatic heterocycles. The summed E-state index contributed by atoms with van der Waals surface area (Å²) in [5, 5.41) is 9.52. The minimum absolute atomic E-state index is 0.221. The molecule has 1 amide bonds. The van der Waals surface area contributed by atoms with Crippen LogP contribution >= 0.6 is 0 Å². The first-order valence-electron chi connectivity index (χ1n) is 4.72. The van der Waals surface area contributed by atoms with E-state index in [9.17, 15) is 9.59 Å². The zero-order chi connectivity index (χ0) is 10.3. The van der Waals surface area contributed by atoms with Gasteiger partial charge in [0.1, 0.15) is 12.1 Å². The third-order valence-corrected chi connectivity index (χ3v) is 2.82. The van der Waals surface area contributed by atoms with Crippen LogP contribution in [0.2, 0.25) is 0 Å². The highest BCUT2D eigenvalue weighted by molar-refractivity contribution is 5.82. The highest BCUT2D eigenvalue weighted by Gasteiger charge is 2.51. The van der Waals surface area contributed by atoms with Crippen molar-refractivity contribution in [3.8, 4) is 0 Å². The van der Waals surface area contributed by atoms with Gasteiger partial charge in [0.05, 0.1) is 6.42 Å². The van der Waals surface area contributed by atoms with E-state index in [0.717, 1.165) is 17.9 Å². The van der Waals surface area contributed by atoms with Crippen LogP contribution in [0.25, 0.3) is 0 Å². The molecule has 0 radical (unpaired) electrons. The van der Waals surface area contributed by atoms with Gasteiger partial charge in [-0.1, -0.05) is 0 Å². The summed E-state index contributed by atoms with van der Waals surface area (Å²) < 4.78 is 0. The largest absolute Gasteiger partial charge is 0.480 e. The first-order valence-corrected chi connectivity index (χ1v) is 4.72. The number of hydrogen-bond donors (Lipinski definition) is 1. The third kappa shape index (κ3) is 1.59. The summed E-state index contributed by atoms with van der Waals surface area (Å²) in [4.78, 5) is 27.2. The number of amides is 1. The summed E-state index contributed by atoms with van der Waals surface area (Å²) in [6.07, 6.45) is 2.46. The number of carboxylic acids is 1. The number of carbonyl (C=O) groups is 2. The van der Waals surface area contributed by atoms with Gasteiger partial charge >= 0.3 is 5.97 Å². The molecule has 0 aromatic rings. The maximum Gasteiger partial charge on any atom is 0.325 e. The maximum atomic E-state index is 11.4. The minimum Gasteiger partial charge on any atom is -0.480 e. The second-order valence-electron chi connectivity index (χ2n) is 4.18. The van der Waals surface area contributed by atoms with Crippen molar-refractivity contribution >= 4 is 11.9 Å². The number of carboxylic acid groups (broad SMARTS) is 1. The zero-order valence-corrected chi connectivity index (χ0v) is 8.02. The molecule has 14 heavy (non-hydrogen) atoms. The Bertz CT molecular complexity index is 287. The predicted octanol–water partition coefficient (Wildman–Crippen LogP) is 0.404. The second-order valence-corrected chi connectivity index (χ2v) is 4.18. The van der Waals surface area contributed by atoms with E-state index in [1.165, 1.54) is 0 Å². The number of rotatable bonds is 3. The zero-order valence-electron chi connectivity index (χ0n) is 8.02. The number of carbonyl (C=O) groups excluding carboxylic acids is 1. The second kappa shape index (κ2) is 2.95. The molecule has 1 saturated carbocycles. The average molecular weight is 199 g/mol. The van der Waals surface area contributed by atoms with E-state index in [4.69, 9.17) is 9.94 Å². The predicted molar refractivity (Wildman–Crippen MR) is 46.2 cm³/mol. The van der Waals surface area contributed by atoms with Gasteiger partial charge in [0.2, 0.25) is 5.91 Å². The normalized spacial score (nSPS) is 32.4. The number of nitrogens with zero attached hydrogens (tertiary/aromatic N) is 1. The van der Waals surface area contributed by atoms with Crippen molar-refractivity contribution in [2.75, 3.05) is 6.54 Å². The molecule has 0 bridgehead atoms. The molecule has 1 saturated heterocycles. The van der Waals surface area contributed by atoms with E-state index in [0.29, 0.717) is 12.3 Å². The molecule has 78 valence electrons. The molecular weight excluding hydrogens is 186 g/mol. The van der Waals surface area contributed by atoms with Crippen LogP contribution in [0.4, 0.5) is 0 Å². The van der Waals surface area contributed by atoms with E-state index in [2.05, 4.69) is 0 Å². The van der Waals surface area contributed by atoms with Crippen LogP contribution in [0.5, 0.6) is 0 Å². The van der Waals surface area contributed by atoms with Crippen molar-refractivity contribution < 1.29 is 19.5 Å². The lowest BCUT2D eigenvalue weighted by atomic mass is 9.97. The maximum absolute atomic E-state index is 11.4. The molecule has 0 spiro atoms. The molecule has 0 aromatic heterocycles. The monoisotopic (exact) mass is 199 g/mol. The summed E-state index contributed by atoms with van der Waals surface area (Å²) in [5.74, 6) is -0.842. The van der Waals surface area contributed by atoms with E-state index in [1.54, 1.807) is 0 Å². The molecule has 1 N–H and O–H groups in total. The Morgan fingerprint density at radius 1 is 1.71 bits per heavy atom. The highest BCUT2D eigenvalue weighted by atomic mass is 16.7. The lowest BCUT2D eigenvalue weighted by Gasteiger charge is -2.22. The van der Waals surface area contributed by atoms with Crippen molar-refractivity contribution in [1.82, 2.24) is 5.06 Å². The Labute approximate surface area is 81.6 Å². The van der Waals surface area contributed by atoms with Crippen LogP contribution in [0.3, 0.4) is 0 Å². The molecule has 1 heterocycles. The van der Waals surface area contributed by atoms with Crippen LogP contribution < -0.4 is 0 Å². The van der Waals surface area contributed by atoms with E-state index in [-0.39, 0.29) is 12.5 Å². The smallest absolute Gasteiger partial charge is 0.325 e. The van der Waals surface area contributed by atoms with Crippen LogP contribution in [0, 0.1) is 5.92 Å². The van der Waals surface area contributed by atoms with E-state index in [1.807, 2.05) is 6.92 Å². The lowest BCUT2D eigenvalue weighted by Crippen LogP contribution is -2.33. The van der Waals surface area contributed by atoms with Crippen molar-refractivity contribution in [2.45, 2.75) is 31.8 Å². The molecule has 1 atom stereocenters. The molecule has 2 rings (SSSR count). The van der Waals surface area contributed by atoms with Gasteiger partial charge in [-0.15, -0.1) is 0 Å². The van der Waals surface area contributed by atoms with Crippen LogP contribution in [0.15, 0.2) is 0 Å². The highest BCUT2D eigenvalue weighted by Crippen LogP contribution is 2.46. The average Bonchev–Trinajstić information content (AvgIpc) is 2.80. The van der Waals surface area contributed by atoms with Gasteiger partial charge in [0.25, 0.3) is 0 Å². The van der Waals surface area contributed by atoms with Crippen LogP contribution in [-0.2, 0) is 14.4 Å². The fraction of sp³-hybridized carbons (Fsp3) is 0.778. The van der Waals surface area contributed by atoms with E-state index < -0.39 is 11.6 Å². The van der Waals surface area contributed by atoms with Gasteiger partial charge in [0, 0.05) is 0 Å². The molecule has 1 aliphatic carbocycles. The fourth-order valence-electron chi connectivity index (χ4n) is 1.88. The van der Waals surface area contributed by atoms with Gasteiger partial charge in [-0.2, -0.15) is 0 Å². The molecule has 2 fully saturated rings. The van der Waals surface area contributed by atoms with Crippen molar-refractivity contribution in [2.24, 2.45) is 5.92 Å². The fourth-order valence-corrected chi connectivity index (χ4v) is 1.88. The molecule has 2 aliphatic rings. The minimum atomic E-state index is -1.04. The number of aliphatic carboxylic acids is 1. The van der Waals surface area contributed by atoms with Gasteiger partial charge < -0.3 is 5.11 Å². The van der Waals surface area contributed by atoms with Gasteiger partial charge in [0.15, 0.2) is 0 Å². The van der Waals surface area contributed by atoms with Crippen LogP contribution in [-0.4, -0.2) is 34.2 Å². The summed E-state index contributed by atoms with van der Waals surface area (Å²) in [6.45, 7) is 1.52. The van der Waals surface area contributed by atoms with Crippen LogP contribution in [0.1, 0.15) is 26.2 Å². The first kappa shape index (κ1) is 9.45.